The average Bonchev–Trinajstić information content (AvgIpc) is 2.58. The van der Waals surface area contributed by atoms with Crippen molar-refractivity contribution < 1.29 is 30.6 Å². The molecule has 0 heterocycles. The molecule has 1 aromatic carbocycles. The highest BCUT2D eigenvalue weighted by molar-refractivity contribution is 5.52. The summed E-state index contributed by atoms with van der Waals surface area (Å²) in [6.45, 7) is 1.35. The minimum atomic E-state index is -1.82. The van der Waals surface area contributed by atoms with Crippen LogP contribution < -0.4 is 0 Å². The van der Waals surface area contributed by atoms with Crippen molar-refractivity contribution in [3.05, 3.63) is 41.2 Å². The molecule has 6 heteroatoms. The second-order valence-electron chi connectivity index (χ2n) is 5.59. The Morgan fingerprint density at radius 3 is 2.17 bits per heavy atom. The summed E-state index contributed by atoms with van der Waals surface area (Å²) in [6, 6.07) is 7.39. The van der Waals surface area contributed by atoms with Gasteiger partial charge in [0.25, 0.3) is 0 Å². The first-order valence-corrected chi connectivity index (χ1v) is 7.73. The fourth-order valence-electron chi connectivity index (χ4n) is 2.11. The Kier molecular flexibility index (Phi) is 8.22. The first-order valence-electron chi connectivity index (χ1n) is 7.73. The molecule has 0 aliphatic heterocycles. The van der Waals surface area contributed by atoms with E-state index in [0.717, 1.165) is 19.3 Å². The van der Waals surface area contributed by atoms with Crippen LogP contribution >= 0.6 is 0 Å². The minimum Gasteiger partial charge on any atom is -0.509 e. The van der Waals surface area contributed by atoms with Gasteiger partial charge < -0.3 is 30.6 Å². The van der Waals surface area contributed by atoms with Gasteiger partial charge in [-0.2, -0.15) is 0 Å². The minimum absolute atomic E-state index is 0.539. The number of hydrogen-bond donors (Lipinski definition) is 6. The zero-order valence-electron chi connectivity index (χ0n) is 13.2. The fraction of sp³-hybridized carbons (Fsp3) is 0.529. The van der Waals surface area contributed by atoms with E-state index in [1.807, 2.05) is 12.1 Å². The topological polar surface area (TPSA) is 121 Å². The van der Waals surface area contributed by atoms with Crippen molar-refractivity contribution in [2.45, 2.75) is 50.6 Å². The molecule has 0 spiro atoms. The van der Waals surface area contributed by atoms with Gasteiger partial charge in [-0.1, -0.05) is 37.6 Å². The molecule has 1 rings (SSSR count). The molecule has 130 valence electrons. The molecule has 1 aromatic rings. The standard InChI is InChI=1S/C17H26O6/c1-2-3-4-11-5-7-12(8-6-11)9-13(19)15(21)17(23)16(22)14(20)10-18/h5-9,14-23H,2-4,10H2,1H3/t14-,15+,16-,17-/m1/s1. The lowest BCUT2D eigenvalue weighted by atomic mass is 10.0. The second-order valence-corrected chi connectivity index (χ2v) is 5.59. The molecule has 0 unspecified atom stereocenters. The van der Waals surface area contributed by atoms with Gasteiger partial charge in [0.05, 0.1) is 6.61 Å². The van der Waals surface area contributed by atoms with E-state index in [1.54, 1.807) is 12.1 Å². The van der Waals surface area contributed by atoms with Crippen molar-refractivity contribution in [2.24, 2.45) is 0 Å². The first kappa shape index (κ1) is 19.6. The van der Waals surface area contributed by atoms with Gasteiger partial charge in [-0.25, -0.2) is 0 Å². The van der Waals surface area contributed by atoms with Gasteiger partial charge >= 0.3 is 0 Å². The smallest absolute Gasteiger partial charge is 0.139 e. The SMILES string of the molecule is CCCCc1ccc(C=C(O)[C@H](O)[C@@H](O)[C@H](O)[C@H](O)CO)cc1. The van der Waals surface area contributed by atoms with Crippen molar-refractivity contribution in [3.63, 3.8) is 0 Å². The Labute approximate surface area is 136 Å². The molecule has 0 saturated heterocycles. The van der Waals surface area contributed by atoms with Gasteiger partial charge in [0.2, 0.25) is 0 Å². The zero-order valence-corrected chi connectivity index (χ0v) is 13.2. The summed E-state index contributed by atoms with van der Waals surface area (Å²) in [4.78, 5) is 0. The van der Waals surface area contributed by atoms with E-state index in [0.29, 0.717) is 5.56 Å². The summed E-state index contributed by atoms with van der Waals surface area (Å²) in [5.41, 5.74) is 1.80. The van der Waals surface area contributed by atoms with Gasteiger partial charge in [0, 0.05) is 0 Å². The number of aryl methyl sites for hydroxylation is 1. The summed E-state index contributed by atoms with van der Waals surface area (Å²) in [5.74, 6) is -0.539. The number of unbranched alkanes of at least 4 members (excludes halogenated alkanes) is 1. The third kappa shape index (κ3) is 5.93. The van der Waals surface area contributed by atoms with Gasteiger partial charge in [-0.3, -0.25) is 0 Å². The predicted molar refractivity (Wildman–Crippen MR) is 86.8 cm³/mol. The Bertz CT molecular complexity index is 484. The summed E-state index contributed by atoms with van der Waals surface area (Å²) in [7, 11) is 0. The quantitative estimate of drug-likeness (QED) is 0.365. The normalized spacial score (nSPS) is 17.6. The van der Waals surface area contributed by atoms with E-state index in [4.69, 9.17) is 5.11 Å². The van der Waals surface area contributed by atoms with Crippen LogP contribution in [-0.4, -0.2) is 61.7 Å². The monoisotopic (exact) mass is 326 g/mol. The molecule has 0 aliphatic rings. The van der Waals surface area contributed by atoms with E-state index >= 15 is 0 Å². The van der Waals surface area contributed by atoms with Crippen LogP contribution in [0.2, 0.25) is 0 Å². The zero-order chi connectivity index (χ0) is 17.4. The van der Waals surface area contributed by atoms with Crippen LogP contribution in [0.5, 0.6) is 0 Å². The van der Waals surface area contributed by atoms with Crippen LogP contribution in [0.25, 0.3) is 6.08 Å². The maximum atomic E-state index is 9.85. The van der Waals surface area contributed by atoms with Gasteiger partial charge in [0.15, 0.2) is 0 Å². The number of aliphatic hydroxyl groups excluding tert-OH is 6. The lowest BCUT2D eigenvalue weighted by Gasteiger charge is -2.25. The lowest BCUT2D eigenvalue weighted by molar-refractivity contribution is -0.112. The number of rotatable bonds is 9. The summed E-state index contributed by atoms with van der Waals surface area (Å²) >= 11 is 0. The molecule has 0 fully saturated rings. The van der Waals surface area contributed by atoms with Crippen LogP contribution in [0.3, 0.4) is 0 Å². The molecular formula is C17H26O6. The van der Waals surface area contributed by atoms with Gasteiger partial charge in [-0.15, -0.1) is 0 Å². The molecular weight excluding hydrogens is 300 g/mol. The Hall–Kier alpha value is -1.44. The molecule has 0 amide bonds. The average molecular weight is 326 g/mol. The highest BCUT2D eigenvalue weighted by Crippen LogP contribution is 2.15. The van der Waals surface area contributed by atoms with Gasteiger partial charge in [-0.05, 0) is 30.0 Å². The third-order valence-electron chi connectivity index (χ3n) is 3.67. The molecule has 6 nitrogen and oxygen atoms in total. The Morgan fingerprint density at radius 1 is 1.04 bits per heavy atom. The Morgan fingerprint density at radius 2 is 1.65 bits per heavy atom. The molecule has 0 aliphatic carbocycles. The van der Waals surface area contributed by atoms with E-state index in [-0.39, 0.29) is 0 Å². The molecule has 6 N–H and O–H groups in total. The van der Waals surface area contributed by atoms with Crippen molar-refractivity contribution in [1.82, 2.24) is 0 Å². The molecule has 4 atom stereocenters. The molecule has 0 aromatic heterocycles. The molecule has 0 bridgehead atoms. The second kappa shape index (κ2) is 9.64. The first-order chi connectivity index (χ1) is 10.9. The van der Waals surface area contributed by atoms with Crippen LogP contribution in [-0.2, 0) is 6.42 Å². The van der Waals surface area contributed by atoms with Crippen LogP contribution in [0.4, 0.5) is 0 Å². The van der Waals surface area contributed by atoms with Crippen molar-refractivity contribution >= 4 is 6.08 Å². The molecule has 0 saturated carbocycles. The van der Waals surface area contributed by atoms with E-state index < -0.39 is 36.8 Å². The van der Waals surface area contributed by atoms with Crippen LogP contribution in [0.1, 0.15) is 30.9 Å². The fourth-order valence-corrected chi connectivity index (χ4v) is 2.11. The maximum Gasteiger partial charge on any atom is 0.139 e. The molecule has 23 heavy (non-hydrogen) atoms. The summed E-state index contributed by atoms with van der Waals surface area (Å²) in [6.07, 6.45) is -2.53. The largest absolute Gasteiger partial charge is 0.509 e. The predicted octanol–water partition coefficient (Wildman–Crippen LogP) is 0.364. The number of aliphatic hydroxyl groups is 6. The highest BCUT2D eigenvalue weighted by Gasteiger charge is 2.32. The third-order valence-corrected chi connectivity index (χ3v) is 3.67. The number of benzene rings is 1. The van der Waals surface area contributed by atoms with Gasteiger partial charge in [0.1, 0.15) is 30.2 Å². The summed E-state index contributed by atoms with van der Waals surface area (Å²) < 4.78 is 0. The van der Waals surface area contributed by atoms with Crippen LogP contribution in [0, 0.1) is 0 Å². The van der Waals surface area contributed by atoms with Crippen LogP contribution in [0.15, 0.2) is 30.0 Å². The summed E-state index contributed by atoms with van der Waals surface area (Å²) in [5, 5.41) is 56.9. The maximum absolute atomic E-state index is 9.85. The Balaban J connectivity index is 2.74. The van der Waals surface area contributed by atoms with E-state index in [1.165, 1.54) is 11.6 Å². The lowest BCUT2D eigenvalue weighted by Crippen LogP contribution is -2.46. The van der Waals surface area contributed by atoms with E-state index in [2.05, 4.69) is 6.92 Å². The van der Waals surface area contributed by atoms with Crippen molar-refractivity contribution in [1.29, 1.82) is 0 Å². The van der Waals surface area contributed by atoms with Crippen molar-refractivity contribution in [2.75, 3.05) is 6.61 Å². The molecule has 0 radical (unpaired) electrons. The van der Waals surface area contributed by atoms with Crippen molar-refractivity contribution in [3.8, 4) is 0 Å². The number of hydrogen-bond acceptors (Lipinski definition) is 6. The van der Waals surface area contributed by atoms with E-state index in [9.17, 15) is 25.5 Å². The highest BCUT2D eigenvalue weighted by atomic mass is 16.4.